The zero-order valence-electron chi connectivity index (χ0n) is 18.1. The molecule has 0 bridgehead atoms. The van der Waals surface area contributed by atoms with Crippen LogP contribution in [0.25, 0.3) is 11.3 Å². The minimum atomic E-state index is -4.53. The first-order chi connectivity index (χ1) is 15.3. The Labute approximate surface area is 189 Å². The highest BCUT2D eigenvalue weighted by molar-refractivity contribution is 7.14. The number of aromatic nitrogens is 2. The van der Waals surface area contributed by atoms with Gasteiger partial charge in [-0.2, -0.15) is 13.2 Å². The van der Waals surface area contributed by atoms with Crippen molar-refractivity contribution in [2.45, 2.75) is 58.2 Å². The van der Waals surface area contributed by atoms with Gasteiger partial charge in [-0.25, -0.2) is 9.97 Å². The normalized spacial score (nSPS) is 12.5. The molecule has 0 saturated heterocycles. The van der Waals surface area contributed by atoms with Crippen LogP contribution in [0, 0.1) is 0 Å². The fraction of sp³-hybridized carbons (Fsp3) is 0.391. The van der Waals surface area contributed by atoms with E-state index >= 15 is 0 Å². The van der Waals surface area contributed by atoms with Gasteiger partial charge in [-0.15, -0.1) is 11.3 Å². The molecule has 0 aliphatic carbocycles. The number of benzene rings is 1. The van der Waals surface area contributed by atoms with Crippen molar-refractivity contribution in [2.75, 3.05) is 11.1 Å². The molecule has 3 aromatic rings. The van der Waals surface area contributed by atoms with Crippen LogP contribution in [-0.2, 0) is 6.18 Å². The minimum Gasteiger partial charge on any atom is -0.490 e. The second kappa shape index (κ2) is 10.7. The van der Waals surface area contributed by atoms with Gasteiger partial charge >= 0.3 is 6.18 Å². The van der Waals surface area contributed by atoms with Gasteiger partial charge in [0, 0.05) is 22.8 Å². The van der Waals surface area contributed by atoms with Crippen LogP contribution in [0.2, 0.25) is 0 Å². The number of unbranched alkanes of at least 4 members (excludes halogenated alkanes) is 3. The molecular formula is C23H27F3N4OS. The van der Waals surface area contributed by atoms with Gasteiger partial charge in [0.25, 0.3) is 0 Å². The lowest BCUT2D eigenvalue weighted by Gasteiger charge is -2.19. The molecule has 0 fully saturated rings. The van der Waals surface area contributed by atoms with Crippen molar-refractivity contribution in [3.8, 4) is 17.0 Å². The van der Waals surface area contributed by atoms with Crippen molar-refractivity contribution >= 4 is 28.0 Å². The number of anilines is 3. The number of hydrogen-bond donors (Lipinski definition) is 2. The number of nitrogens with one attached hydrogen (secondary N) is 1. The van der Waals surface area contributed by atoms with E-state index in [1.54, 1.807) is 36.7 Å². The smallest absolute Gasteiger partial charge is 0.420 e. The van der Waals surface area contributed by atoms with Gasteiger partial charge in [-0.05, 0) is 50.1 Å². The molecule has 0 aliphatic rings. The summed E-state index contributed by atoms with van der Waals surface area (Å²) in [6.07, 6.45) is 1.73. The first-order valence-corrected chi connectivity index (χ1v) is 11.5. The number of ether oxygens (including phenoxy) is 1. The fourth-order valence-corrected chi connectivity index (χ4v) is 3.95. The first kappa shape index (κ1) is 23.8. The third-order valence-corrected chi connectivity index (χ3v) is 5.67. The van der Waals surface area contributed by atoms with Crippen LogP contribution >= 0.6 is 11.3 Å². The predicted octanol–water partition coefficient (Wildman–Crippen LogP) is 7.29. The zero-order chi connectivity index (χ0) is 23.1. The van der Waals surface area contributed by atoms with Gasteiger partial charge in [0.1, 0.15) is 11.6 Å². The number of pyridine rings is 1. The highest BCUT2D eigenvalue weighted by atomic mass is 32.1. The summed E-state index contributed by atoms with van der Waals surface area (Å²) in [5, 5.41) is 5.23. The number of nitrogens with zero attached hydrogens (tertiary/aromatic N) is 2. The topological polar surface area (TPSA) is 73.1 Å². The minimum absolute atomic E-state index is 0.154. The van der Waals surface area contributed by atoms with E-state index in [4.69, 9.17) is 10.5 Å². The van der Waals surface area contributed by atoms with Crippen molar-refractivity contribution in [1.29, 1.82) is 0 Å². The number of halogens is 3. The van der Waals surface area contributed by atoms with Crippen molar-refractivity contribution in [3.05, 3.63) is 47.5 Å². The fourth-order valence-electron chi connectivity index (χ4n) is 3.21. The maximum atomic E-state index is 13.7. The van der Waals surface area contributed by atoms with Gasteiger partial charge in [0.15, 0.2) is 5.13 Å². The standard InChI is InChI=1S/C23H27F3N4OS/c1-3-4-5-6-7-15(2)31-20-10-9-17(12-18(20)23(24,25)26)29-22-30-19(14-32-22)16-8-11-21(27)28-13-16/h8-15H,3-7H2,1-2H3,(H2,27,28)(H,29,30). The largest absolute Gasteiger partial charge is 0.490 e. The quantitative estimate of drug-likeness (QED) is 0.308. The third kappa shape index (κ3) is 6.59. The number of nitrogen functional groups attached to an aromatic ring is 1. The lowest BCUT2D eigenvalue weighted by atomic mass is 10.1. The van der Waals surface area contributed by atoms with Crippen LogP contribution in [-0.4, -0.2) is 16.1 Å². The van der Waals surface area contributed by atoms with Crippen LogP contribution < -0.4 is 15.8 Å². The SMILES string of the molecule is CCCCCCC(C)Oc1ccc(Nc2nc(-c3ccc(N)nc3)cs2)cc1C(F)(F)F. The van der Waals surface area contributed by atoms with E-state index in [0.29, 0.717) is 16.6 Å². The molecular weight excluding hydrogens is 437 g/mol. The predicted molar refractivity (Wildman–Crippen MR) is 123 cm³/mol. The van der Waals surface area contributed by atoms with Gasteiger partial charge in [0.05, 0.1) is 17.4 Å². The summed E-state index contributed by atoms with van der Waals surface area (Å²) in [6.45, 7) is 3.92. The van der Waals surface area contributed by atoms with Crippen molar-refractivity contribution in [2.24, 2.45) is 0 Å². The van der Waals surface area contributed by atoms with Crippen LogP contribution in [0.1, 0.15) is 51.5 Å². The summed E-state index contributed by atoms with van der Waals surface area (Å²) in [7, 11) is 0. The van der Waals surface area contributed by atoms with E-state index in [1.165, 1.54) is 17.4 Å². The molecule has 0 radical (unpaired) electrons. The Bertz CT molecular complexity index is 1010. The molecule has 2 aromatic heterocycles. The molecule has 1 unspecified atom stereocenters. The summed E-state index contributed by atoms with van der Waals surface area (Å²) in [4.78, 5) is 8.46. The van der Waals surface area contributed by atoms with Crippen LogP contribution in [0.4, 0.5) is 29.8 Å². The van der Waals surface area contributed by atoms with Crippen molar-refractivity contribution in [1.82, 2.24) is 9.97 Å². The van der Waals surface area contributed by atoms with E-state index in [1.807, 2.05) is 0 Å². The van der Waals surface area contributed by atoms with Crippen LogP contribution in [0.5, 0.6) is 5.75 Å². The molecule has 9 heteroatoms. The summed E-state index contributed by atoms with van der Waals surface area (Å²) in [5.41, 5.74) is 6.52. The molecule has 1 atom stereocenters. The second-order valence-electron chi connectivity index (χ2n) is 7.62. The monoisotopic (exact) mass is 464 g/mol. The third-order valence-electron chi connectivity index (χ3n) is 4.91. The number of nitrogens with two attached hydrogens (primary N) is 1. The Hall–Kier alpha value is -2.81. The molecule has 0 spiro atoms. The molecule has 0 aliphatic heterocycles. The Kier molecular flexibility index (Phi) is 7.95. The Morgan fingerprint density at radius 2 is 1.97 bits per heavy atom. The van der Waals surface area contributed by atoms with Gasteiger partial charge in [-0.1, -0.05) is 26.2 Å². The van der Waals surface area contributed by atoms with Crippen molar-refractivity contribution < 1.29 is 17.9 Å². The Morgan fingerprint density at radius 3 is 2.66 bits per heavy atom. The molecule has 5 nitrogen and oxygen atoms in total. The maximum Gasteiger partial charge on any atom is 0.420 e. The molecule has 3 N–H and O–H groups in total. The van der Waals surface area contributed by atoms with E-state index in [-0.39, 0.29) is 17.5 Å². The molecule has 172 valence electrons. The number of alkyl halides is 3. The van der Waals surface area contributed by atoms with E-state index in [9.17, 15) is 13.2 Å². The highest BCUT2D eigenvalue weighted by Crippen LogP contribution is 2.39. The molecule has 32 heavy (non-hydrogen) atoms. The Balaban J connectivity index is 1.72. The summed E-state index contributed by atoms with van der Waals surface area (Å²) in [6, 6.07) is 7.46. The van der Waals surface area contributed by atoms with E-state index < -0.39 is 11.7 Å². The average molecular weight is 465 g/mol. The number of rotatable bonds is 10. The first-order valence-electron chi connectivity index (χ1n) is 10.6. The lowest BCUT2D eigenvalue weighted by molar-refractivity contribution is -0.139. The van der Waals surface area contributed by atoms with Crippen molar-refractivity contribution in [3.63, 3.8) is 0 Å². The molecule has 0 saturated carbocycles. The maximum absolute atomic E-state index is 13.7. The van der Waals surface area contributed by atoms with Crippen LogP contribution in [0.15, 0.2) is 41.9 Å². The average Bonchev–Trinajstić information content (AvgIpc) is 3.20. The zero-order valence-corrected chi connectivity index (χ0v) is 18.9. The molecule has 0 amide bonds. The highest BCUT2D eigenvalue weighted by Gasteiger charge is 2.35. The van der Waals surface area contributed by atoms with Gasteiger partial charge in [-0.3, -0.25) is 0 Å². The summed E-state index contributed by atoms with van der Waals surface area (Å²) < 4.78 is 46.7. The number of hydrogen-bond acceptors (Lipinski definition) is 6. The molecule has 1 aromatic carbocycles. The van der Waals surface area contributed by atoms with Gasteiger partial charge in [0.2, 0.25) is 0 Å². The summed E-state index contributed by atoms with van der Waals surface area (Å²) >= 11 is 1.29. The van der Waals surface area contributed by atoms with E-state index in [2.05, 4.69) is 22.2 Å². The molecule has 2 heterocycles. The Morgan fingerprint density at radius 1 is 1.16 bits per heavy atom. The van der Waals surface area contributed by atoms with Crippen LogP contribution in [0.3, 0.4) is 0 Å². The lowest BCUT2D eigenvalue weighted by Crippen LogP contribution is -2.16. The molecule has 3 rings (SSSR count). The second-order valence-corrected chi connectivity index (χ2v) is 8.48. The van der Waals surface area contributed by atoms with E-state index in [0.717, 1.165) is 43.7 Å². The summed E-state index contributed by atoms with van der Waals surface area (Å²) in [5.74, 6) is 0.249. The number of thiazole rings is 1. The van der Waals surface area contributed by atoms with Gasteiger partial charge < -0.3 is 15.8 Å².